The molecule has 0 radical (unpaired) electrons. The molecule has 4 N–H and O–H groups in total. The van der Waals surface area contributed by atoms with Crippen molar-refractivity contribution < 1.29 is 13.2 Å². The van der Waals surface area contributed by atoms with E-state index in [0.717, 1.165) is 12.8 Å². The molecule has 1 amide bonds. The molecule has 1 aromatic heterocycles. The van der Waals surface area contributed by atoms with Crippen molar-refractivity contribution in [3.63, 3.8) is 0 Å². The van der Waals surface area contributed by atoms with Crippen molar-refractivity contribution in [2.45, 2.75) is 50.6 Å². The summed E-state index contributed by atoms with van der Waals surface area (Å²) >= 11 is 0. The quantitative estimate of drug-likeness (QED) is 0.739. The zero-order chi connectivity index (χ0) is 17.2. The Hall–Kier alpha value is -1.38. The zero-order valence-electron chi connectivity index (χ0n) is 13.9. The van der Waals surface area contributed by atoms with E-state index >= 15 is 0 Å². The summed E-state index contributed by atoms with van der Waals surface area (Å²) in [4.78, 5) is 17.3. The van der Waals surface area contributed by atoms with Gasteiger partial charge in [-0.05, 0) is 38.7 Å². The lowest BCUT2D eigenvalue weighted by Gasteiger charge is -2.37. The molecule has 1 fully saturated rings. The number of rotatable bonds is 5. The highest BCUT2D eigenvalue weighted by Crippen LogP contribution is 2.24. The molecule has 1 aliphatic rings. The largest absolute Gasteiger partial charge is 0.356 e. The minimum atomic E-state index is -3.61. The molecule has 0 aromatic carbocycles. The normalized spacial score (nSPS) is 22.6. The molecule has 2 rings (SSSR count). The van der Waals surface area contributed by atoms with Crippen LogP contribution in [0.4, 0.5) is 0 Å². The number of nitrogens with zero attached hydrogens (tertiary/aromatic N) is 1. The number of hydrogen-bond donors (Lipinski definition) is 3. The molecule has 130 valence electrons. The summed E-state index contributed by atoms with van der Waals surface area (Å²) in [5, 5.41) is 0. The van der Waals surface area contributed by atoms with Gasteiger partial charge in [-0.1, -0.05) is 6.92 Å². The van der Waals surface area contributed by atoms with E-state index in [2.05, 4.69) is 16.6 Å². The summed E-state index contributed by atoms with van der Waals surface area (Å²) < 4.78 is 26.8. The third kappa shape index (κ3) is 4.13. The van der Waals surface area contributed by atoms with Gasteiger partial charge < -0.3 is 15.6 Å². The average molecular weight is 342 g/mol. The van der Waals surface area contributed by atoms with Gasteiger partial charge in [0.05, 0.1) is 0 Å². The molecule has 23 heavy (non-hydrogen) atoms. The van der Waals surface area contributed by atoms with Gasteiger partial charge in [0.1, 0.15) is 10.6 Å². The molecule has 1 aliphatic heterocycles. The minimum absolute atomic E-state index is 0.00314. The van der Waals surface area contributed by atoms with Crippen LogP contribution in [0.15, 0.2) is 17.2 Å². The lowest BCUT2D eigenvalue weighted by atomic mass is 9.92. The summed E-state index contributed by atoms with van der Waals surface area (Å²) in [6, 6.07) is 1.18. The summed E-state index contributed by atoms with van der Waals surface area (Å²) in [7, 11) is -3.61. The summed E-state index contributed by atoms with van der Waals surface area (Å²) in [5.41, 5.74) is 6.07. The van der Waals surface area contributed by atoms with Crippen LogP contribution in [0, 0.1) is 5.92 Å². The van der Waals surface area contributed by atoms with Gasteiger partial charge in [-0.2, -0.15) is 0 Å². The van der Waals surface area contributed by atoms with Crippen molar-refractivity contribution in [3.05, 3.63) is 18.0 Å². The SMILES string of the molecule is CC1CCN(C(=O)c2cc(S(=O)(=O)NC(C)C)c[nH]2)C(CN)C1. The number of nitrogens with two attached hydrogens (primary N) is 1. The topological polar surface area (TPSA) is 108 Å². The van der Waals surface area contributed by atoms with Gasteiger partial charge in [0.2, 0.25) is 10.0 Å². The first-order valence-electron chi connectivity index (χ1n) is 7.96. The van der Waals surface area contributed by atoms with Crippen LogP contribution in [0.1, 0.15) is 44.1 Å². The van der Waals surface area contributed by atoms with Gasteiger partial charge in [-0.3, -0.25) is 4.79 Å². The van der Waals surface area contributed by atoms with Gasteiger partial charge >= 0.3 is 0 Å². The van der Waals surface area contributed by atoms with E-state index in [1.54, 1.807) is 18.7 Å². The molecule has 8 heteroatoms. The molecule has 7 nitrogen and oxygen atoms in total. The second-order valence-corrected chi connectivity index (χ2v) is 8.26. The molecular formula is C15H26N4O3S. The first-order valence-corrected chi connectivity index (χ1v) is 9.44. The van der Waals surface area contributed by atoms with Crippen molar-refractivity contribution in [3.8, 4) is 0 Å². The predicted molar refractivity (Wildman–Crippen MR) is 88.5 cm³/mol. The number of aromatic amines is 1. The lowest BCUT2D eigenvalue weighted by Crippen LogP contribution is -2.49. The van der Waals surface area contributed by atoms with Crippen molar-refractivity contribution >= 4 is 15.9 Å². The highest BCUT2D eigenvalue weighted by Gasteiger charge is 2.30. The van der Waals surface area contributed by atoms with Crippen LogP contribution in [0.5, 0.6) is 0 Å². The molecule has 2 atom stereocenters. The molecule has 1 aromatic rings. The van der Waals surface area contributed by atoms with Crippen LogP contribution in [0.3, 0.4) is 0 Å². The highest BCUT2D eigenvalue weighted by molar-refractivity contribution is 7.89. The van der Waals surface area contributed by atoms with E-state index in [1.807, 2.05) is 0 Å². The van der Waals surface area contributed by atoms with E-state index in [1.165, 1.54) is 12.3 Å². The Morgan fingerprint density at radius 1 is 1.52 bits per heavy atom. The van der Waals surface area contributed by atoms with Gasteiger partial charge in [0.15, 0.2) is 0 Å². The monoisotopic (exact) mass is 342 g/mol. The summed E-state index contributed by atoms with van der Waals surface area (Å²) in [6.07, 6.45) is 3.16. The first-order chi connectivity index (χ1) is 10.7. The van der Waals surface area contributed by atoms with Crippen LogP contribution >= 0.6 is 0 Å². The van der Waals surface area contributed by atoms with Gasteiger partial charge in [-0.15, -0.1) is 0 Å². The minimum Gasteiger partial charge on any atom is -0.356 e. The van der Waals surface area contributed by atoms with Gasteiger partial charge in [-0.25, -0.2) is 13.1 Å². The van der Waals surface area contributed by atoms with E-state index in [0.29, 0.717) is 19.0 Å². The van der Waals surface area contributed by atoms with Crippen LogP contribution in [0.2, 0.25) is 0 Å². The fourth-order valence-corrected chi connectivity index (χ4v) is 4.17. The first kappa shape index (κ1) is 18.0. The maximum absolute atomic E-state index is 12.7. The average Bonchev–Trinajstić information content (AvgIpc) is 2.95. The highest BCUT2D eigenvalue weighted by atomic mass is 32.2. The van der Waals surface area contributed by atoms with E-state index in [9.17, 15) is 13.2 Å². The number of carbonyl (C=O) groups is 1. The molecule has 0 aliphatic carbocycles. The van der Waals surface area contributed by atoms with Gasteiger partial charge in [0.25, 0.3) is 5.91 Å². The number of aromatic nitrogens is 1. The fourth-order valence-electron chi connectivity index (χ4n) is 2.93. The molecular weight excluding hydrogens is 316 g/mol. The van der Waals surface area contributed by atoms with Crippen molar-refractivity contribution in [2.75, 3.05) is 13.1 Å². The Kier molecular flexibility index (Phi) is 5.49. The number of likely N-dealkylation sites (tertiary alicyclic amines) is 1. The second kappa shape index (κ2) is 7.02. The predicted octanol–water partition coefficient (Wildman–Crippen LogP) is 0.901. The van der Waals surface area contributed by atoms with Crippen molar-refractivity contribution in [2.24, 2.45) is 11.7 Å². The van der Waals surface area contributed by atoms with E-state index < -0.39 is 10.0 Å². The Labute approximate surface area is 137 Å². The zero-order valence-corrected chi connectivity index (χ0v) is 14.7. The summed E-state index contributed by atoms with van der Waals surface area (Å²) in [6.45, 7) is 6.71. The maximum Gasteiger partial charge on any atom is 0.270 e. The van der Waals surface area contributed by atoms with Crippen LogP contribution < -0.4 is 10.5 Å². The molecule has 0 saturated carbocycles. The second-order valence-electron chi connectivity index (χ2n) is 6.54. The van der Waals surface area contributed by atoms with Crippen LogP contribution in [-0.2, 0) is 10.0 Å². The molecule has 2 heterocycles. The smallest absolute Gasteiger partial charge is 0.270 e. The number of H-pyrrole nitrogens is 1. The molecule has 2 unspecified atom stereocenters. The fraction of sp³-hybridized carbons (Fsp3) is 0.667. The van der Waals surface area contributed by atoms with E-state index in [4.69, 9.17) is 5.73 Å². The maximum atomic E-state index is 12.7. The van der Waals surface area contributed by atoms with Gasteiger partial charge in [0, 0.05) is 31.4 Å². The van der Waals surface area contributed by atoms with Crippen LogP contribution in [0.25, 0.3) is 0 Å². The Balaban J connectivity index is 2.18. The lowest BCUT2D eigenvalue weighted by molar-refractivity contribution is 0.0568. The molecule has 1 saturated heterocycles. The summed E-state index contributed by atoms with van der Waals surface area (Å²) in [5.74, 6) is 0.348. The number of sulfonamides is 1. The number of amides is 1. The Bertz CT molecular complexity index is 653. The van der Waals surface area contributed by atoms with Crippen LogP contribution in [-0.4, -0.2) is 49.4 Å². The third-order valence-electron chi connectivity index (χ3n) is 4.10. The van der Waals surface area contributed by atoms with Crippen molar-refractivity contribution in [1.29, 1.82) is 0 Å². The number of hydrogen-bond acceptors (Lipinski definition) is 4. The number of piperidine rings is 1. The standard InChI is InChI=1S/C15H26N4O3S/c1-10(2)18-23(21,22)13-7-14(17-9-13)15(20)19-5-4-11(3)6-12(19)8-16/h7,9-12,17-18H,4-6,8,16H2,1-3H3. The molecule has 0 spiro atoms. The van der Waals surface area contributed by atoms with Crippen molar-refractivity contribution in [1.82, 2.24) is 14.6 Å². The van der Waals surface area contributed by atoms with E-state index in [-0.39, 0.29) is 28.6 Å². The molecule has 0 bridgehead atoms. The third-order valence-corrected chi connectivity index (χ3v) is 5.74. The number of carbonyl (C=O) groups excluding carboxylic acids is 1. The number of nitrogens with one attached hydrogen (secondary N) is 2. The Morgan fingerprint density at radius 2 is 2.22 bits per heavy atom. The Morgan fingerprint density at radius 3 is 2.83 bits per heavy atom.